The molecule has 2 aromatic rings. The minimum atomic E-state index is -3.76. The number of anilines is 2. The van der Waals surface area contributed by atoms with Gasteiger partial charge in [-0.25, -0.2) is 13.6 Å². The van der Waals surface area contributed by atoms with Gasteiger partial charge < -0.3 is 15.6 Å². The summed E-state index contributed by atoms with van der Waals surface area (Å²) in [5.41, 5.74) is 6.54. The summed E-state index contributed by atoms with van der Waals surface area (Å²) in [7, 11) is -3.76. The van der Waals surface area contributed by atoms with Crippen LogP contribution in [0.5, 0.6) is 0 Å². The lowest BCUT2D eigenvalue weighted by Gasteiger charge is -2.08. The van der Waals surface area contributed by atoms with Gasteiger partial charge in [-0.1, -0.05) is 5.16 Å². The van der Waals surface area contributed by atoms with E-state index in [-0.39, 0.29) is 11.4 Å². The van der Waals surface area contributed by atoms with Crippen molar-refractivity contribution >= 4 is 21.4 Å². The van der Waals surface area contributed by atoms with E-state index in [2.05, 4.69) is 20.0 Å². The van der Waals surface area contributed by atoms with Gasteiger partial charge in [0.2, 0.25) is 16.4 Å². The van der Waals surface area contributed by atoms with Crippen LogP contribution in [-0.4, -0.2) is 18.6 Å². The normalized spacial score (nSPS) is 11.4. The number of sulfonamides is 1. The Morgan fingerprint density at radius 2 is 2.17 bits per heavy atom. The maximum atomic E-state index is 11.2. The molecule has 1 aromatic carbocycles. The molecule has 1 heterocycles. The van der Waals surface area contributed by atoms with Gasteiger partial charge in [-0.3, -0.25) is 0 Å². The molecule has 0 saturated carbocycles. The Morgan fingerprint density at radius 3 is 2.78 bits per heavy atom. The Bertz CT molecular complexity index is 638. The van der Waals surface area contributed by atoms with Gasteiger partial charge in [-0.2, -0.15) is 4.98 Å². The Kier molecular flexibility index (Phi) is 3.17. The molecule has 1 aromatic heterocycles. The highest BCUT2D eigenvalue weighted by Gasteiger charge is 2.10. The van der Waals surface area contributed by atoms with Crippen molar-refractivity contribution in [3.05, 3.63) is 30.4 Å². The third kappa shape index (κ3) is 2.76. The molecule has 9 heteroatoms. The predicted molar refractivity (Wildman–Crippen MR) is 63.9 cm³/mol. The molecule has 18 heavy (non-hydrogen) atoms. The van der Waals surface area contributed by atoms with E-state index in [9.17, 15) is 8.42 Å². The molecule has 0 amide bonds. The molecule has 0 atom stereocenters. The number of hydrogen-bond donors (Lipinski definition) is 3. The lowest BCUT2D eigenvalue weighted by molar-refractivity contribution is 0.411. The van der Waals surface area contributed by atoms with Crippen molar-refractivity contribution in [1.82, 2.24) is 10.1 Å². The van der Waals surface area contributed by atoms with E-state index < -0.39 is 10.0 Å². The number of benzene rings is 1. The molecule has 0 bridgehead atoms. The van der Waals surface area contributed by atoms with E-state index in [1.165, 1.54) is 24.6 Å². The first-order valence-corrected chi connectivity index (χ1v) is 6.43. The van der Waals surface area contributed by atoms with Crippen molar-refractivity contribution < 1.29 is 12.9 Å². The van der Waals surface area contributed by atoms with Crippen molar-refractivity contribution in [3.8, 4) is 0 Å². The molecule has 96 valence electrons. The predicted octanol–water partition coefficient (Wildman–Crippen LogP) is -0.0887. The monoisotopic (exact) mass is 269 g/mol. The van der Waals surface area contributed by atoms with Crippen LogP contribution >= 0.6 is 0 Å². The Labute approximate surface area is 103 Å². The highest BCUT2D eigenvalue weighted by Crippen LogP contribution is 2.22. The van der Waals surface area contributed by atoms with E-state index in [1.807, 2.05) is 0 Å². The molecular weight excluding hydrogens is 258 g/mol. The van der Waals surface area contributed by atoms with E-state index in [1.54, 1.807) is 0 Å². The molecule has 0 fully saturated rings. The van der Waals surface area contributed by atoms with Crippen LogP contribution in [0.1, 0.15) is 5.82 Å². The third-order valence-electron chi connectivity index (χ3n) is 2.20. The van der Waals surface area contributed by atoms with Crippen LogP contribution in [0.15, 0.2) is 34.0 Å². The minimum Gasteiger partial charge on any atom is -0.397 e. The number of nitrogens with one attached hydrogen (secondary N) is 1. The number of nitrogens with two attached hydrogens (primary N) is 2. The maximum absolute atomic E-state index is 11.2. The fourth-order valence-corrected chi connectivity index (χ4v) is 1.85. The smallest absolute Gasteiger partial charge is 0.238 e. The molecule has 0 unspecified atom stereocenters. The number of primary sulfonamides is 1. The number of aromatic nitrogens is 2. The maximum Gasteiger partial charge on any atom is 0.238 e. The topological polar surface area (TPSA) is 137 Å². The molecule has 8 nitrogen and oxygen atoms in total. The lowest BCUT2D eigenvalue weighted by atomic mass is 10.2. The molecule has 0 spiro atoms. The largest absolute Gasteiger partial charge is 0.397 e. The number of hydrogen-bond acceptors (Lipinski definition) is 7. The molecule has 0 aliphatic heterocycles. The summed E-state index contributed by atoms with van der Waals surface area (Å²) in [6.07, 6.45) is 1.20. The van der Waals surface area contributed by atoms with Crippen molar-refractivity contribution in [1.29, 1.82) is 0 Å². The first-order valence-electron chi connectivity index (χ1n) is 4.88. The minimum absolute atomic E-state index is 0.0210. The van der Waals surface area contributed by atoms with E-state index in [0.717, 1.165) is 0 Å². The quantitative estimate of drug-likeness (QED) is 0.659. The zero-order chi connectivity index (χ0) is 13.2. The van der Waals surface area contributed by atoms with Crippen LogP contribution in [0, 0.1) is 0 Å². The van der Waals surface area contributed by atoms with Crippen molar-refractivity contribution in [2.75, 3.05) is 11.1 Å². The van der Waals surface area contributed by atoms with Gasteiger partial charge in [0, 0.05) is 0 Å². The highest BCUT2D eigenvalue weighted by atomic mass is 32.2. The molecule has 0 saturated heterocycles. The molecule has 2 rings (SSSR count). The Balaban J connectivity index is 2.22. The van der Waals surface area contributed by atoms with Crippen molar-refractivity contribution in [3.63, 3.8) is 0 Å². The molecular formula is C9H11N5O3S. The summed E-state index contributed by atoms with van der Waals surface area (Å²) in [6, 6.07) is 4.15. The number of nitrogens with zero attached hydrogens (tertiary/aromatic N) is 2. The number of nitrogen functional groups attached to an aromatic ring is 1. The van der Waals surface area contributed by atoms with Crippen LogP contribution in [0.3, 0.4) is 0 Å². The van der Waals surface area contributed by atoms with Gasteiger partial charge in [0.15, 0.2) is 5.82 Å². The summed E-state index contributed by atoms with van der Waals surface area (Å²) in [5, 5.41) is 11.5. The second kappa shape index (κ2) is 4.63. The van der Waals surface area contributed by atoms with Crippen LogP contribution in [0.2, 0.25) is 0 Å². The fourth-order valence-electron chi connectivity index (χ4n) is 1.31. The van der Waals surface area contributed by atoms with Crippen LogP contribution in [0.4, 0.5) is 11.4 Å². The summed E-state index contributed by atoms with van der Waals surface area (Å²) < 4.78 is 27.0. The second-order valence-corrected chi connectivity index (χ2v) is 5.06. The number of rotatable bonds is 4. The zero-order valence-corrected chi connectivity index (χ0v) is 10.0. The average Bonchev–Trinajstić information content (AvgIpc) is 2.79. The molecule has 0 aliphatic rings. The van der Waals surface area contributed by atoms with Gasteiger partial charge >= 0.3 is 0 Å². The Hall–Kier alpha value is -2.13. The second-order valence-electron chi connectivity index (χ2n) is 3.50. The highest BCUT2D eigenvalue weighted by molar-refractivity contribution is 7.89. The van der Waals surface area contributed by atoms with Gasteiger partial charge in [0.05, 0.1) is 22.8 Å². The van der Waals surface area contributed by atoms with E-state index in [0.29, 0.717) is 17.2 Å². The van der Waals surface area contributed by atoms with Gasteiger partial charge in [0.1, 0.15) is 0 Å². The first-order chi connectivity index (χ1) is 8.47. The van der Waals surface area contributed by atoms with Crippen LogP contribution in [0.25, 0.3) is 0 Å². The summed E-state index contributed by atoms with van der Waals surface area (Å²) in [5.74, 6) is 0.426. The van der Waals surface area contributed by atoms with E-state index in [4.69, 9.17) is 10.9 Å². The van der Waals surface area contributed by atoms with Gasteiger partial charge in [0.25, 0.3) is 0 Å². The van der Waals surface area contributed by atoms with Crippen LogP contribution in [-0.2, 0) is 16.6 Å². The third-order valence-corrected chi connectivity index (χ3v) is 3.11. The van der Waals surface area contributed by atoms with Crippen molar-refractivity contribution in [2.24, 2.45) is 5.14 Å². The lowest BCUT2D eigenvalue weighted by Crippen LogP contribution is -2.13. The zero-order valence-electron chi connectivity index (χ0n) is 9.20. The standard InChI is InChI=1S/C9H11N5O3S/c10-7-2-1-6(18(11,15)16)3-8(7)12-4-9-13-5-17-14-9/h1-3,5,12H,4,10H2,(H2,11,15,16). The van der Waals surface area contributed by atoms with E-state index >= 15 is 0 Å². The van der Waals surface area contributed by atoms with Gasteiger partial charge in [-0.05, 0) is 18.2 Å². The average molecular weight is 269 g/mol. The van der Waals surface area contributed by atoms with Gasteiger partial charge in [-0.15, -0.1) is 0 Å². The molecule has 0 aliphatic carbocycles. The fraction of sp³-hybridized carbons (Fsp3) is 0.111. The summed E-state index contributed by atoms with van der Waals surface area (Å²) >= 11 is 0. The Morgan fingerprint density at radius 1 is 1.39 bits per heavy atom. The molecule has 0 radical (unpaired) electrons. The van der Waals surface area contributed by atoms with Crippen LogP contribution < -0.4 is 16.2 Å². The SMILES string of the molecule is Nc1ccc(S(N)(=O)=O)cc1NCc1ncon1. The summed E-state index contributed by atoms with van der Waals surface area (Å²) in [6.45, 7) is 0.259. The first kappa shape index (κ1) is 12.3. The summed E-state index contributed by atoms with van der Waals surface area (Å²) in [4.78, 5) is 3.79. The van der Waals surface area contributed by atoms with Crippen molar-refractivity contribution in [2.45, 2.75) is 11.4 Å². The molecule has 5 N–H and O–H groups in total.